The van der Waals surface area contributed by atoms with Crippen LogP contribution in [0, 0.1) is 0 Å². The Labute approximate surface area is 148 Å². The number of carboxylic acids is 1. The summed E-state index contributed by atoms with van der Waals surface area (Å²) < 4.78 is 11.3. The van der Waals surface area contributed by atoms with Crippen LogP contribution < -0.4 is 10.1 Å². The summed E-state index contributed by atoms with van der Waals surface area (Å²) in [6, 6.07) is 17.9. The van der Waals surface area contributed by atoms with Crippen molar-refractivity contribution in [3.8, 4) is 5.75 Å². The summed E-state index contributed by atoms with van der Waals surface area (Å²) in [6.07, 6.45) is 0.971. The minimum absolute atomic E-state index is 0.132. The highest BCUT2D eigenvalue weighted by Gasteiger charge is 1.99. The molecule has 0 saturated heterocycles. The lowest BCUT2D eigenvalue weighted by atomic mass is 10.2. The second-order valence-corrected chi connectivity index (χ2v) is 5.70. The molecule has 2 aromatic carbocycles. The van der Waals surface area contributed by atoms with Gasteiger partial charge in [-0.25, -0.2) is 0 Å². The predicted octanol–water partition coefficient (Wildman–Crippen LogP) is 3.24. The molecule has 2 aromatic rings. The number of carboxylic acid groups (broad SMARTS) is 1. The minimum Gasteiger partial charge on any atom is -0.494 e. The molecule has 134 valence electrons. The van der Waals surface area contributed by atoms with Gasteiger partial charge in [0.2, 0.25) is 0 Å². The lowest BCUT2D eigenvalue weighted by molar-refractivity contribution is -0.136. The Morgan fingerprint density at radius 1 is 0.960 bits per heavy atom. The zero-order chi connectivity index (χ0) is 17.7. The molecular formula is C20H25NO4. The molecule has 2 rings (SSSR count). The molecule has 0 heterocycles. The van der Waals surface area contributed by atoms with Crippen molar-refractivity contribution in [1.29, 1.82) is 0 Å². The number of rotatable bonds is 12. The fourth-order valence-electron chi connectivity index (χ4n) is 2.25. The number of hydrogen-bond acceptors (Lipinski definition) is 4. The zero-order valence-corrected chi connectivity index (χ0v) is 14.3. The van der Waals surface area contributed by atoms with Crippen LogP contribution in [0.3, 0.4) is 0 Å². The van der Waals surface area contributed by atoms with Gasteiger partial charge in [-0.05, 0) is 23.3 Å². The van der Waals surface area contributed by atoms with Crippen molar-refractivity contribution in [2.24, 2.45) is 0 Å². The van der Waals surface area contributed by atoms with E-state index in [1.807, 2.05) is 42.5 Å². The molecule has 0 radical (unpaired) electrons. The molecule has 0 aromatic heterocycles. The van der Waals surface area contributed by atoms with Gasteiger partial charge < -0.3 is 19.9 Å². The second-order valence-electron chi connectivity index (χ2n) is 5.70. The Balaban J connectivity index is 1.54. The van der Waals surface area contributed by atoms with Crippen LogP contribution in [-0.2, 0) is 22.7 Å². The van der Waals surface area contributed by atoms with Crippen molar-refractivity contribution < 1.29 is 19.4 Å². The van der Waals surface area contributed by atoms with E-state index in [-0.39, 0.29) is 6.42 Å². The number of benzene rings is 2. The largest absolute Gasteiger partial charge is 0.494 e. The first-order chi connectivity index (χ1) is 12.2. The van der Waals surface area contributed by atoms with Gasteiger partial charge in [0.25, 0.3) is 0 Å². The molecule has 2 N–H and O–H groups in total. The van der Waals surface area contributed by atoms with Gasteiger partial charge in [0, 0.05) is 19.5 Å². The van der Waals surface area contributed by atoms with Crippen molar-refractivity contribution in [2.75, 3.05) is 19.8 Å². The Kier molecular flexibility index (Phi) is 8.52. The van der Waals surface area contributed by atoms with Crippen molar-refractivity contribution in [1.82, 2.24) is 5.32 Å². The van der Waals surface area contributed by atoms with E-state index in [0.717, 1.165) is 17.7 Å². The van der Waals surface area contributed by atoms with E-state index in [1.165, 1.54) is 5.56 Å². The third kappa shape index (κ3) is 8.33. The fourth-order valence-corrected chi connectivity index (χ4v) is 2.25. The van der Waals surface area contributed by atoms with Crippen molar-refractivity contribution in [2.45, 2.75) is 26.0 Å². The first kappa shape index (κ1) is 19.0. The second kappa shape index (κ2) is 11.2. The Bertz CT molecular complexity index is 613. The van der Waals surface area contributed by atoms with Gasteiger partial charge in [0.05, 0.1) is 26.2 Å². The lowest BCUT2D eigenvalue weighted by Crippen LogP contribution is -2.17. The van der Waals surface area contributed by atoms with E-state index in [9.17, 15) is 4.79 Å². The van der Waals surface area contributed by atoms with Crippen LogP contribution in [0.2, 0.25) is 0 Å². The van der Waals surface area contributed by atoms with E-state index < -0.39 is 5.97 Å². The van der Waals surface area contributed by atoms with E-state index in [1.54, 1.807) is 0 Å². The third-order valence-electron chi connectivity index (χ3n) is 3.58. The van der Waals surface area contributed by atoms with Crippen LogP contribution >= 0.6 is 0 Å². The van der Waals surface area contributed by atoms with Crippen molar-refractivity contribution >= 4 is 5.97 Å². The van der Waals surface area contributed by atoms with Gasteiger partial charge in [-0.15, -0.1) is 0 Å². The minimum atomic E-state index is -0.788. The standard InChI is InChI=1S/C20H25NO4/c22-20(23)11-12-21-15-17-7-9-19(10-8-17)25-14-4-13-24-16-18-5-2-1-3-6-18/h1-3,5-10,21H,4,11-16H2,(H,22,23). The number of aliphatic carboxylic acids is 1. The number of carbonyl (C=O) groups is 1. The van der Waals surface area contributed by atoms with Gasteiger partial charge in [-0.3, -0.25) is 4.79 Å². The van der Waals surface area contributed by atoms with Crippen LogP contribution in [0.15, 0.2) is 54.6 Å². The fraction of sp³-hybridized carbons (Fsp3) is 0.350. The molecule has 5 heteroatoms. The van der Waals surface area contributed by atoms with Crippen molar-refractivity contribution in [3.63, 3.8) is 0 Å². The monoisotopic (exact) mass is 343 g/mol. The summed E-state index contributed by atoms with van der Waals surface area (Å²) in [6.45, 7) is 3.04. The average molecular weight is 343 g/mol. The molecule has 5 nitrogen and oxygen atoms in total. The molecular weight excluding hydrogens is 318 g/mol. The maximum absolute atomic E-state index is 10.4. The number of ether oxygens (including phenoxy) is 2. The van der Waals surface area contributed by atoms with Crippen molar-refractivity contribution in [3.05, 3.63) is 65.7 Å². The summed E-state index contributed by atoms with van der Waals surface area (Å²) in [5.41, 5.74) is 2.28. The van der Waals surface area contributed by atoms with Gasteiger partial charge in [-0.2, -0.15) is 0 Å². The van der Waals surface area contributed by atoms with Gasteiger partial charge in [-0.1, -0.05) is 42.5 Å². The Morgan fingerprint density at radius 2 is 1.72 bits per heavy atom. The highest BCUT2D eigenvalue weighted by Crippen LogP contribution is 2.12. The summed E-state index contributed by atoms with van der Waals surface area (Å²) in [5.74, 6) is 0.0429. The highest BCUT2D eigenvalue weighted by molar-refractivity contribution is 5.66. The van der Waals surface area contributed by atoms with E-state index in [4.69, 9.17) is 14.6 Å². The van der Waals surface area contributed by atoms with Crippen LogP contribution in [0.5, 0.6) is 5.75 Å². The van der Waals surface area contributed by atoms with E-state index >= 15 is 0 Å². The average Bonchev–Trinajstić information content (AvgIpc) is 2.63. The number of nitrogens with one attached hydrogen (secondary N) is 1. The molecule has 0 unspecified atom stereocenters. The molecule has 0 aliphatic heterocycles. The van der Waals surface area contributed by atoms with Gasteiger partial charge in [0.15, 0.2) is 0 Å². The first-order valence-corrected chi connectivity index (χ1v) is 8.50. The molecule has 0 bridgehead atoms. The quantitative estimate of drug-likeness (QED) is 0.579. The van der Waals surface area contributed by atoms with Gasteiger partial charge >= 0.3 is 5.97 Å². The summed E-state index contributed by atoms with van der Waals surface area (Å²) in [7, 11) is 0. The predicted molar refractivity (Wildman–Crippen MR) is 96.6 cm³/mol. The first-order valence-electron chi connectivity index (χ1n) is 8.50. The summed E-state index contributed by atoms with van der Waals surface area (Å²) >= 11 is 0. The molecule has 0 amide bonds. The Hall–Kier alpha value is -2.37. The van der Waals surface area contributed by atoms with Crippen LogP contribution in [0.25, 0.3) is 0 Å². The van der Waals surface area contributed by atoms with Crippen LogP contribution in [0.4, 0.5) is 0 Å². The summed E-state index contributed by atoms with van der Waals surface area (Å²) in [4.78, 5) is 10.4. The lowest BCUT2D eigenvalue weighted by Gasteiger charge is -2.08. The van der Waals surface area contributed by atoms with E-state index in [0.29, 0.717) is 32.9 Å². The molecule has 0 fully saturated rings. The highest BCUT2D eigenvalue weighted by atomic mass is 16.5. The topological polar surface area (TPSA) is 67.8 Å². The van der Waals surface area contributed by atoms with Gasteiger partial charge in [0.1, 0.15) is 5.75 Å². The van der Waals surface area contributed by atoms with Crippen LogP contribution in [0.1, 0.15) is 24.0 Å². The Morgan fingerprint density at radius 3 is 2.44 bits per heavy atom. The SMILES string of the molecule is O=C(O)CCNCc1ccc(OCCCOCc2ccccc2)cc1. The zero-order valence-electron chi connectivity index (χ0n) is 14.3. The number of hydrogen-bond donors (Lipinski definition) is 2. The summed E-state index contributed by atoms with van der Waals surface area (Å²) in [5, 5.41) is 11.7. The molecule has 0 spiro atoms. The molecule has 25 heavy (non-hydrogen) atoms. The molecule has 0 aliphatic rings. The van der Waals surface area contributed by atoms with Crippen LogP contribution in [-0.4, -0.2) is 30.8 Å². The third-order valence-corrected chi connectivity index (χ3v) is 3.58. The normalized spacial score (nSPS) is 10.6. The van der Waals surface area contributed by atoms with E-state index in [2.05, 4.69) is 17.4 Å². The molecule has 0 saturated carbocycles. The molecule has 0 aliphatic carbocycles. The molecule has 0 atom stereocenters. The maximum Gasteiger partial charge on any atom is 0.304 e. The smallest absolute Gasteiger partial charge is 0.304 e. The maximum atomic E-state index is 10.4.